The second-order valence-corrected chi connectivity index (χ2v) is 3.89. The summed E-state index contributed by atoms with van der Waals surface area (Å²) < 4.78 is 13.3. The zero-order valence-electron chi connectivity index (χ0n) is 8.84. The number of alkyl halides is 1. The zero-order chi connectivity index (χ0) is 12.1. The predicted octanol–water partition coefficient (Wildman–Crippen LogP) is 2.28. The minimum absolute atomic E-state index is 0.0841. The Balaban J connectivity index is 2.73. The van der Waals surface area contributed by atoms with Crippen LogP contribution in [0.4, 0.5) is 4.39 Å². The topological polar surface area (TPSA) is 49.3 Å². The SMILES string of the molecule is CC(CCCl)NC(=O)c1ccc(O)cc1F. The van der Waals surface area contributed by atoms with Crippen LogP contribution >= 0.6 is 11.6 Å². The standard InChI is InChI=1S/C11H13ClFNO2/c1-7(4-5-12)14-11(16)9-3-2-8(15)6-10(9)13/h2-3,6-7,15H,4-5H2,1H3,(H,14,16). The van der Waals surface area contributed by atoms with Crippen LogP contribution in [-0.2, 0) is 0 Å². The van der Waals surface area contributed by atoms with Crippen molar-refractivity contribution in [1.29, 1.82) is 0 Å². The van der Waals surface area contributed by atoms with Crippen LogP contribution in [0.5, 0.6) is 5.75 Å². The van der Waals surface area contributed by atoms with E-state index in [1.165, 1.54) is 12.1 Å². The van der Waals surface area contributed by atoms with Gasteiger partial charge in [-0.3, -0.25) is 4.79 Å². The third-order valence-corrected chi connectivity index (χ3v) is 2.34. The smallest absolute Gasteiger partial charge is 0.254 e. The van der Waals surface area contributed by atoms with E-state index >= 15 is 0 Å². The van der Waals surface area contributed by atoms with Crippen molar-refractivity contribution in [3.63, 3.8) is 0 Å². The lowest BCUT2D eigenvalue weighted by Gasteiger charge is -2.12. The molecule has 0 spiro atoms. The van der Waals surface area contributed by atoms with Gasteiger partial charge in [-0.2, -0.15) is 0 Å². The molecular weight excluding hydrogens is 233 g/mol. The van der Waals surface area contributed by atoms with E-state index in [4.69, 9.17) is 16.7 Å². The fourth-order valence-corrected chi connectivity index (χ4v) is 1.55. The molecule has 0 radical (unpaired) electrons. The quantitative estimate of drug-likeness (QED) is 0.800. The van der Waals surface area contributed by atoms with Crippen LogP contribution in [0.15, 0.2) is 18.2 Å². The van der Waals surface area contributed by atoms with Crippen molar-refractivity contribution in [3.05, 3.63) is 29.6 Å². The molecule has 0 aromatic heterocycles. The normalized spacial score (nSPS) is 12.2. The van der Waals surface area contributed by atoms with Gasteiger partial charge in [0.25, 0.3) is 5.91 Å². The molecule has 1 amide bonds. The van der Waals surface area contributed by atoms with E-state index in [9.17, 15) is 9.18 Å². The lowest BCUT2D eigenvalue weighted by molar-refractivity contribution is 0.0935. The van der Waals surface area contributed by atoms with Gasteiger partial charge in [0.05, 0.1) is 5.56 Å². The average Bonchev–Trinajstić information content (AvgIpc) is 2.17. The van der Waals surface area contributed by atoms with Gasteiger partial charge in [0, 0.05) is 18.0 Å². The Hall–Kier alpha value is -1.29. The van der Waals surface area contributed by atoms with Crippen molar-refractivity contribution in [2.75, 3.05) is 5.88 Å². The van der Waals surface area contributed by atoms with Crippen LogP contribution in [0.1, 0.15) is 23.7 Å². The molecule has 3 nitrogen and oxygen atoms in total. The molecule has 0 bridgehead atoms. The van der Waals surface area contributed by atoms with E-state index < -0.39 is 11.7 Å². The van der Waals surface area contributed by atoms with Crippen LogP contribution < -0.4 is 5.32 Å². The summed E-state index contributed by atoms with van der Waals surface area (Å²) in [7, 11) is 0. The molecule has 0 fully saturated rings. The van der Waals surface area contributed by atoms with Gasteiger partial charge in [-0.25, -0.2) is 4.39 Å². The van der Waals surface area contributed by atoms with E-state index in [1.54, 1.807) is 6.92 Å². The number of phenols is 1. The molecule has 16 heavy (non-hydrogen) atoms. The second kappa shape index (κ2) is 5.70. The summed E-state index contributed by atoms with van der Waals surface area (Å²) in [6, 6.07) is 3.30. The Morgan fingerprint density at radius 1 is 1.62 bits per heavy atom. The molecule has 0 aliphatic heterocycles. The van der Waals surface area contributed by atoms with Crippen LogP contribution in [0.2, 0.25) is 0 Å². The molecule has 1 unspecified atom stereocenters. The van der Waals surface area contributed by atoms with Gasteiger partial charge in [-0.05, 0) is 25.5 Å². The van der Waals surface area contributed by atoms with Crippen molar-refractivity contribution >= 4 is 17.5 Å². The number of rotatable bonds is 4. The first-order valence-corrected chi connectivity index (χ1v) is 5.43. The molecule has 0 saturated carbocycles. The molecule has 88 valence electrons. The summed E-state index contributed by atoms with van der Waals surface area (Å²) in [5.41, 5.74) is -0.0841. The first kappa shape index (κ1) is 12.8. The largest absolute Gasteiger partial charge is 0.508 e. The monoisotopic (exact) mass is 245 g/mol. The molecule has 0 aliphatic carbocycles. The third kappa shape index (κ3) is 3.38. The Bertz CT molecular complexity index is 384. The van der Waals surface area contributed by atoms with E-state index in [1.807, 2.05) is 0 Å². The van der Waals surface area contributed by atoms with Gasteiger partial charge in [-0.1, -0.05) is 0 Å². The summed E-state index contributed by atoms with van der Waals surface area (Å²) >= 11 is 5.52. The molecule has 0 aliphatic rings. The number of carbonyl (C=O) groups excluding carboxylic acids is 1. The Kier molecular flexibility index (Phi) is 4.55. The molecule has 0 saturated heterocycles. The first-order chi connectivity index (χ1) is 7.54. The molecule has 1 aromatic carbocycles. The van der Waals surface area contributed by atoms with Crippen molar-refractivity contribution in [2.45, 2.75) is 19.4 Å². The third-order valence-electron chi connectivity index (χ3n) is 2.12. The summed E-state index contributed by atoms with van der Waals surface area (Å²) in [5.74, 6) is -1.02. The van der Waals surface area contributed by atoms with Crippen LogP contribution in [0, 0.1) is 5.82 Å². The zero-order valence-corrected chi connectivity index (χ0v) is 9.59. The second-order valence-electron chi connectivity index (χ2n) is 3.52. The minimum Gasteiger partial charge on any atom is -0.508 e. The maximum atomic E-state index is 13.3. The molecule has 1 aromatic rings. The number of hydrogen-bond donors (Lipinski definition) is 2. The van der Waals surface area contributed by atoms with Crippen LogP contribution in [0.3, 0.4) is 0 Å². The molecular formula is C11H13ClFNO2. The predicted molar refractivity (Wildman–Crippen MR) is 60.3 cm³/mol. The number of aromatic hydroxyl groups is 1. The number of halogens is 2. The Morgan fingerprint density at radius 3 is 2.88 bits per heavy atom. The van der Waals surface area contributed by atoms with Gasteiger partial charge < -0.3 is 10.4 Å². The van der Waals surface area contributed by atoms with Gasteiger partial charge in [-0.15, -0.1) is 11.6 Å². The van der Waals surface area contributed by atoms with E-state index in [0.717, 1.165) is 6.07 Å². The van der Waals surface area contributed by atoms with Gasteiger partial charge in [0.1, 0.15) is 11.6 Å². The minimum atomic E-state index is -0.740. The lowest BCUT2D eigenvalue weighted by Crippen LogP contribution is -2.33. The summed E-state index contributed by atoms with van der Waals surface area (Å²) in [4.78, 5) is 11.6. The van der Waals surface area contributed by atoms with E-state index in [2.05, 4.69) is 5.32 Å². The molecule has 1 atom stereocenters. The van der Waals surface area contributed by atoms with Gasteiger partial charge in [0.15, 0.2) is 0 Å². The van der Waals surface area contributed by atoms with E-state index in [-0.39, 0.29) is 17.4 Å². The van der Waals surface area contributed by atoms with Crippen molar-refractivity contribution in [1.82, 2.24) is 5.32 Å². The highest BCUT2D eigenvalue weighted by molar-refractivity contribution is 6.17. The number of benzene rings is 1. The highest BCUT2D eigenvalue weighted by Crippen LogP contribution is 2.15. The maximum Gasteiger partial charge on any atom is 0.254 e. The summed E-state index contributed by atoms with van der Waals surface area (Å²) in [6.07, 6.45) is 0.618. The molecule has 5 heteroatoms. The van der Waals surface area contributed by atoms with Crippen molar-refractivity contribution in [2.24, 2.45) is 0 Å². The van der Waals surface area contributed by atoms with Gasteiger partial charge >= 0.3 is 0 Å². The highest BCUT2D eigenvalue weighted by atomic mass is 35.5. The molecule has 2 N–H and O–H groups in total. The van der Waals surface area contributed by atoms with Crippen molar-refractivity contribution < 1.29 is 14.3 Å². The van der Waals surface area contributed by atoms with Crippen LogP contribution in [-0.4, -0.2) is 22.9 Å². The number of phenolic OH excluding ortho intramolecular Hbond substituents is 1. The number of carbonyl (C=O) groups is 1. The summed E-state index contributed by atoms with van der Waals surface area (Å²) in [5, 5.41) is 11.6. The molecule has 1 rings (SSSR count). The van der Waals surface area contributed by atoms with Crippen LogP contribution in [0.25, 0.3) is 0 Å². The average molecular weight is 246 g/mol. The lowest BCUT2D eigenvalue weighted by atomic mass is 10.1. The highest BCUT2D eigenvalue weighted by Gasteiger charge is 2.14. The first-order valence-electron chi connectivity index (χ1n) is 4.90. The Labute approximate surface area is 98.2 Å². The van der Waals surface area contributed by atoms with Gasteiger partial charge in [0.2, 0.25) is 0 Å². The fourth-order valence-electron chi connectivity index (χ4n) is 1.23. The number of hydrogen-bond acceptors (Lipinski definition) is 2. The Morgan fingerprint density at radius 2 is 2.31 bits per heavy atom. The molecule has 0 heterocycles. The summed E-state index contributed by atoms with van der Waals surface area (Å²) in [6.45, 7) is 1.79. The fraction of sp³-hybridized carbons (Fsp3) is 0.364. The number of amides is 1. The van der Waals surface area contributed by atoms with E-state index in [0.29, 0.717) is 12.3 Å². The maximum absolute atomic E-state index is 13.3. The number of nitrogens with one attached hydrogen (secondary N) is 1. The van der Waals surface area contributed by atoms with Crippen molar-refractivity contribution in [3.8, 4) is 5.75 Å².